The summed E-state index contributed by atoms with van der Waals surface area (Å²) in [7, 11) is 0. The van der Waals surface area contributed by atoms with Gasteiger partial charge in [-0.1, -0.05) is 40.0 Å². The molecule has 1 saturated carbocycles. The van der Waals surface area contributed by atoms with Crippen LogP contribution in [-0.4, -0.2) is 52.6 Å². The van der Waals surface area contributed by atoms with Crippen molar-refractivity contribution in [3.63, 3.8) is 0 Å². The number of hydrogen-bond acceptors (Lipinski definition) is 4. The van der Waals surface area contributed by atoms with Crippen molar-refractivity contribution in [2.75, 3.05) is 19.8 Å². The van der Waals surface area contributed by atoms with Gasteiger partial charge in [0.25, 0.3) is 5.91 Å². The first-order chi connectivity index (χ1) is 16.0. The summed E-state index contributed by atoms with van der Waals surface area (Å²) in [4.78, 5) is 30.3. The van der Waals surface area contributed by atoms with Gasteiger partial charge in [0.15, 0.2) is 0 Å². The number of aryl methyl sites for hydroxylation is 1. The Morgan fingerprint density at radius 2 is 1.94 bits per heavy atom. The second-order valence-electron chi connectivity index (χ2n) is 9.02. The summed E-state index contributed by atoms with van der Waals surface area (Å²) in [5.74, 6) is -0.0758. The number of carbonyl (C=O) groups is 2. The summed E-state index contributed by atoms with van der Waals surface area (Å²) in [6, 6.07) is 4.41. The number of fused-ring (bicyclic) bond motifs is 3. The predicted octanol–water partition coefficient (Wildman–Crippen LogP) is 5.38. The molecule has 2 aliphatic rings. The maximum absolute atomic E-state index is 13.6. The lowest BCUT2D eigenvalue weighted by Gasteiger charge is -2.45. The van der Waals surface area contributed by atoms with Crippen LogP contribution in [-0.2, 0) is 22.5 Å². The number of thiophene rings is 1. The highest BCUT2D eigenvalue weighted by Crippen LogP contribution is 2.36. The fourth-order valence-corrected chi connectivity index (χ4v) is 6.01. The van der Waals surface area contributed by atoms with E-state index in [0.29, 0.717) is 32.0 Å². The molecule has 1 aliphatic heterocycles. The van der Waals surface area contributed by atoms with E-state index < -0.39 is 5.54 Å². The molecule has 2 amide bonds. The largest absolute Gasteiger partial charge is 0.382 e. The second-order valence-corrected chi connectivity index (χ2v) is 10.2. The quantitative estimate of drug-likeness (QED) is 0.521. The van der Waals surface area contributed by atoms with Crippen LogP contribution in [0.25, 0.3) is 10.2 Å². The van der Waals surface area contributed by atoms with E-state index in [1.165, 1.54) is 11.3 Å². The van der Waals surface area contributed by atoms with Gasteiger partial charge in [0.1, 0.15) is 11.2 Å². The Morgan fingerprint density at radius 1 is 1.21 bits per heavy atom. The first-order valence-corrected chi connectivity index (χ1v) is 13.6. The van der Waals surface area contributed by atoms with Crippen molar-refractivity contribution in [1.82, 2.24) is 14.8 Å². The van der Waals surface area contributed by atoms with Crippen molar-refractivity contribution < 1.29 is 14.3 Å². The molecule has 0 bridgehead atoms. The minimum atomic E-state index is -0.909. The highest BCUT2D eigenvalue weighted by atomic mass is 32.1. The third kappa shape index (κ3) is 5.29. The smallest absolute Gasteiger partial charge is 0.271 e. The standard InChI is InChI=1S/C24H35N3O3S.C2H6/c1-4-18-14-19-21(31-18)15-20-22(28)27(12-9-13-30-5-2)24(3,16-26(19)20)23(29)25-17-10-7-6-8-11-17;1-2/h14-15,17H,4-13,16H2,1-3H3,(H,25,29);1-2H3. The van der Waals surface area contributed by atoms with E-state index >= 15 is 0 Å². The van der Waals surface area contributed by atoms with E-state index in [1.807, 2.05) is 33.8 Å². The van der Waals surface area contributed by atoms with Crippen molar-refractivity contribution >= 4 is 33.4 Å². The number of nitrogens with zero attached hydrogens (tertiary/aromatic N) is 2. The van der Waals surface area contributed by atoms with Gasteiger partial charge in [-0.05, 0) is 51.7 Å². The molecular weight excluding hydrogens is 434 g/mol. The molecule has 3 heterocycles. The maximum atomic E-state index is 13.6. The fraction of sp³-hybridized carbons (Fsp3) is 0.692. The van der Waals surface area contributed by atoms with Gasteiger partial charge in [0, 0.05) is 30.7 Å². The van der Waals surface area contributed by atoms with Crippen LogP contribution in [0.5, 0.6) is 0 Å². The number of nitrogens with one attached hydrogen (secondary N) is 1. The Labute approximate surface area is 202 Å². The summed E-state index contributed by atoms with van der Waals surface area (Å²) < 4.78 is 8.71. The Kier molecular flexibility index (Phi) is 8.99. The van der Waals surface area contributed by atoms with E-state index in [-0.39, 0.29) is 17.9 Å². The Balaban J connectivity index is 0.00000149. The van der Waals surface area contributed by atoms with Crippen molar-refractivity contribution in [2.24, 2.45) is 0 Å². The maximum Gasteiger partial charge on any atom is 0.271 e. The normalized spacial score (nSPS) is 21.0. The van der Waals surface area contributed by atoms with Crippen LogP contribution >= 0.6 is 11.3 Å². The number of aromatic nitrogens is 1. The lowest BCUT2D eigenvalue weighted by molar-refractivity contribution is -0.133. The first kappa shape index (κ1) is 25.8. The minimum absolute atomic E-state index is 0.0254. The number of ether oxygens (including phenoxy) is 1. The van der Waals surface area contributed by atoms with E-state index in [1.54, 1.807) is 16.2 Å². The molecule has 4 rings (SSSR count). The number of carbonyl (C=O) groups excluding carboxylic acids is 2. The molecule has 1 aliphatic carbocycles. The second kappa shape index (κ2) is 11.5. The van der Waals surface area contributed by atoms with Crippen molar-refractivity contribution in [3.8, 4) is 0 Å². The molecule has 2 aromatic heterocycles. The number of hydrogen-bond donors (Lipinski definition) is 1. The Hall–Kier alpha value is -1.86. The molecule has 0 saturated heterocycles. The summed E-state index contributed by atoms with van der Waals surface area (Å²) in [5, 5.41) is 3.29. The monoisotopic (exact) mass is 475 g/mol. The highest BCUT2D eigenvalue weighted by molar-refractivity contribution is 7.19. The van der Waals surface area contributed by atoms with Gasteiger partial charge in [0.2, 0.25) is 5.91 Å². The summed E-state index contributed by atoms with van der Waals surface area (Å²) in [6.45, 7) is 12.3. The SMILES string of the molecule is CC.CCOCCCN1C(=O)c2cc3sc(CC)cc3n2CC1(C)C(=O)NC1CCCCC1. The molecule has 2 aromatic rings. The van der Waals surface area contributed by atoms with E-state index in [0.717, 1.165) is 48.7 Å². The topological polar surface area (TPSA) is 63.6 Å². The predicted molar refractivity (Wildman–Crippen MR) is 136 cm³/mol. The fourth-order valence-electron chi connectivity index (χ4n) is 4.97. The van der Waals surface area contributed by atoms with Gasteiger partial charge in [0.05, 0.1) is 16.8 Å². The van der Waals surface area contributed by atoms with Crippen LogP contribution in [0.2, 0.25) is 0 Å². The third-order valence-electron chi connectivity index (χ3n) is 6.82. The molecule has 1 fully saturated rings. The van der Waals surface area contributed by atoms with Crippen molar-refractivity contribution in [2.45, 2.75) is 97.7 Å². The molecule has 1 unspecified atom stereocenters. The highest BCUT2D eigenvalue weighted by Gasteiger charge is 2.48. The third-order valence-corrected chi connectivity index (χ3v) is 8.03. The van der Waals surface area contributed by atoms with Gasteiger partial charge in [-0.15, -0.1) is 11.3 Å². The van der Waals surface area contributed by atoms with Gasteiger partial charge in [-0.3, -0.25) is 9.59 Å². The van der Waals surface area contributed by atoms with Gasteiger partial charge < -0.3 is 19.5 Å². The van der Waals surface area contributed by atoms with Crippen molar-refractivity contribution in [3.05, 3.63) is 22.7 Å². The average Bonchev–Trinajstić information content (AvgIpc) is 3.39. The number of rotatable bonds is 8. The summed E-state index contributed by atoms with van der Waals surface area (Å²) >= 11 is 1.74. The molecule has 33 heavy (non-hydrogen) atoms. The van der Waals surface area contributed by atoms with Crippen LogP contribution in [0, 0.1) is 0 Å². The first-order valence-electron chi connectivity index (χ1n) is 12.8. The molecule has 1 atom stereocenters. The van der Waals surface area contributed by atoms with E-state index in [2.05, 4.69) is 22.9 Å². The lowest BCUT2D eigenvalue weighted by atomic mass is 9.91. The molecule has 7 heteroatoms. The zero-order valence-electron chi connectivity index (χ0n) is 21.0. The van der Waals surface area contributed by atoms with Crippen LogP contribution in [0.15, 0.2) is 12.1 Å². The average molecular weight is 476 g/mol. The molecule has 1 N–H and O–H groups in total. The van der Waals surface area contributed by atoms with Gasteiger partial charge >= 0.3 is 0 Å². The van der Waals surface area contributed by atoms with E-state index in [4.69, 9.17) is 4.74 Å². The molecular formula is C26H41N3O3S. The minimum Gasteiger partial charge on any atom is -0.382 e. The Morgan fingerprint density at radius 3 is 2.61 bits per heavy atom. The van der Waals surface area contributed by atoms with Gasteiger partial charge in [-0.25, -0.2) is 0 Å². The van der Waals surface area contributed by atoms with Crippen molar-refractivity contribution in [1.29, 1.82) is 0 Å². The molecule has 0 aromatic carbocycles. The Bertz CT molecular complexity index is 944. The van der Waals surface area contributed by atoms with Crippen LogP contribution < -0.4 is 5.32 Å². The van der Waals surface area contributed by atoms with Crippen LogP contribution in [0.4, 0.5) is 0 Å². The zero-order chi connectivity index (χ0) is 24.0. The zero-order valence-corrected chi connectivity index (χ0v) is 21.9. The summed E-state index contributed by atoms with van der Waals surface area (Å²) in [6.07, 6.45) is 7.33. The van der Waals surface area contributed by atoms with Crippen LogP contribution in [0.1, 0.15) is 88.5 Å². The lowest BCUT2D eigenvalue weighted by Crippen LogP contribution is -2.65. The molecule has 0 spiro atoms. The molecule has 0 radical (unpaired) electrons. The van der Waals surface area contributed by atoms with E-state index in [9.17, 15) is 9.59 Å². The van der Waals surface area contributed by atoms with Crippen LogP contribution in [0.3, 0.4) is 0 Å². The summed E-state index contributed by atoms with van der Waals surface area (Å²) in [5.41, 5.74) is 0.868. The molecule has 6 nitrogen and oxygen atoms in total. The van der Waals surface area contributed by atoms with Gasteiger partial charge in [-0.2, -0.15) is 0 Å². The number of amides is 2. The molecule has 184 valence electrons.